The van der Waals surface area contributed by atoms with Gasteiger partial charge in [-0.15, -0.1) is 11.3 Å². The highest BCUT2D eigenvalue weighted by Crippen LogP contribution is 2.37. The van der Waals surface area contributed by atoms with Crippen LogP contribution in [0.25, 0.3) is 0 Å². The molecule has 0 atom stereocenters. The van der Waals surface area contributed by atoms with Crippen molar-refractivity contribution in [1.29, 1.82) is 0 Å². The third-order valence-electron chi connectivity index (χ3n) is 3.82. The Balaban J connectivity index is 1.77. The fourth-order valence-corrected chi connectivity index (χ4v) is 3.27. The van der Waals surface area contributed by atoms with Crippen LogP contribution >= 0.6 is 11.3 Å². The molecule has 1 saturated carbocycles. The van der Waals surface area contributed by atoms with E-state index in [4.69, 9.17) is 0 Å². The monoisotopic (exact) mass is 281 g/mol. The van der Waals surface area contributed by atoms with Crippen LogP contribution in [0, 0.1) is 5.41 Å². The lowest BCUT2D eigenvalue weighted by Gasteiger charge is -2.23. The number of aliphatic carboxylic acids is 1. The highest BCUT2D eigenvalue weighted by Gasteiger charge is 2.41. The third-order valence-corrected chi connectivity index (χ3v) is 4.75. The van der Waals surface area contributed by atoms with Crippen LogP contribution in [0.2, 0.25) is 0 Å². The zero-order chi connectivity index (χ0) is 13.7. The standard InChI is InChI=1S/C14H19NO3S/c16-12(6-5-11-4-3-9-19-11)15-10-14(13(17)18)7-1-2-8-14/h3-4,9H,1-2,5-8,10H2,(H,15,16)(H,17,18). The zero-order valence-electron chi connectivity index (χ0n) is 10.9. The van der Waals surface area contributed by atoms with Crippen LogP contribution in [-0.2, 0) is 16.0 Å². The number of carbonyl (C=O) groups is 2. The fourth-order valence-electron chi connectivity index (χ4n) is 2.57. The summed E-state index contributed by atoms with van der Waals surface area (Å²) in [4.78, 5) is 24.3. The van der Waals surface area contributed by atoms with Crippen molar-refractivity contribution in [2.75, 3.05) is 6.54 Å². The predicted molar refractivity (Wildman–Crippen MR) is 74.2 cm³/mol. The van der Waals surface area contributed by atoms with Gasteiger partial charge in [0.15, 0.2) is 0 Å². The van der Waals surface area contributed by atoms with Gasteiger partial charge in [0, 0.05) is 17.8 Å². The summed E-state index contributed by atoms with van der Waals surface area (Å²) in [6.07, 6.45) is 4.38. The molecule has 4 nitrogen and oxygen atoms in total. The highest BCUT2D eigenvalue weighted by molar-refractivity contribution is 7.09. The molecule has 0 radical (unpaired) electrons. The second-order valence-electron chi connectivity index (χ2n) is 5.15. The van der Waals surface area contributed by atoms with Gasteiger partial charge < -0.3 is 10.4 Å². The molecule has 19 heavy (non-hydrogen) atoms. The zero-order valence-corrected chi connectivity index (χ0v) is 11.7. The molecule has 5 heteroatoms. The molecule has 2 N–H and O–H groups in total. The summed E-state index contributed by atoms with van der Waals surface area (Å²) in [6, 6.07) is 3.98. The summed E-state index contributed by atoms with van der Waals surface area (Å²) in [5.74, 6) is -0.829. The second kappa shape index (κ2) is 6.19. The van der Waals surface area contributed by atoms with Crippen LogP contribution in [0.3, 0.4) is 0 Å². The Kier molecular flexibility index (Phi) is 4.58. The van der Waals surface area contributed by atoms with Gasteiger partial charge >= 0.3 is 5.97 Å². The topological polar surface area (TPSA) is 66.4 Å². The molecule has 1 aliphatic carbocycles. The molecule has 1 fully saturated rings. The molecule has 0 aliphatic heterocycles. The van der Waals surface area contributed by atoms with Gasteiger partial charge in [-0.3, -0.25) is 9.59 Å². The van der Waals surface area contributed by atoms with Gasteiger partial charge in [0.05, 0.1) is 5.41 Å². The summed E-state index contributed by atoms with van der Waals surface area (Å²) in [5, 5.41) is 14.1. The molecule has 2 rings (SSSR count). The first kappa shape index (κ1) is 14.1. The number of thiophene rings is 1. The molecule has 1 aromatic rings. The quantitative estimate of drug-likeness (QED) is 0.841. The van der Waals surface area contributed by atoms with Crippen LogP contribution in [0.1, 0.15) is 37.0 Å². The number of nitrogens with one attached hydrogen (secondary N) is 1. The van der Waals surface area contributed by atoms with E-state index >= 15 is 0 Å². The van der Waals surface area contributed by atoms with E-state index in [1.807, 2.05) is 17.5 Å². The minimum absolute atomic E-state index is 0.0547. The number of hydrogen-bond donors (Lipinski definition) is 2. The van der Waals surface area contributed by atoms with Crippen molar-refractivity contribution in [3.05, 3.63) is 22.4 Å². The SMILES string of the molecule is O=C(CCc1cccs1)NCC1(C(=O)O)CCCC1. The van der Waals surface area contributed by atoms with Crippen molar-refractivity contribution in [2.24, 2.45) is 5.41 Å². The van der Waals surface area contributed by atoms with E-state index in [1.165, 1.54) is 4.88 Å². The number of aryl methyl sites for hydroxylation is 1. The molecule has 104 valence electrons. The van der Waals surface area contributed by atoms with Gasteiger partial charge in [-0.05, 0) is 30.7 Å². The van der Waals surface area contributed by atoms with Gasteiger partial charge in [0.2, 0.25) is 5.91 Å². The minimum Gasteiger partial charge on any atom is -0.481 e. The maximum atomic E-state index is 11.8. The third kappa shape index (κ3) is 3.56. The van der Waals surface area contributed by atoms with Crippen molar-refractivity contribution in [1.82, 2.24) is 5.32 Å². The number of carboxylic acid groups (broad SMARTS) is 1. The fraction of sp³-hybridized carbons (Fsp3) is 0.571. The number of carbonyl (C=O) groups excluding carboxylic acids is 1. The lowest BCUT2D eigenvalue weighted by Crippen LogP contribution is -2.41. The average molecular weight is 281 g/mol. The molecule has 1 aromatic heterocycles. The smallest absolute Gasteiger partial charge is 0.311 e. The Bertz CT molecular complexity index is 436. The Morgan fingerprint density at radius 2 is 2.11 bits per heavy atom. The van der Waals surface area contributed by atoms with Crippen LogP contribution in [-0.4, -0.2) is 23.5 Å². The minimum atomic E-state index is -0.774. The van der Waals surface area contributed by atoms with E-state index in [1.54, 1.807) is 11.3 Å². The van der Waals surface area contributed by atoms with Crippen LogP contribution in [0.4, 0.5) is 0 Å². The molecule has 0 spiro atoms. The summed E-state index contributed by atoms with van der Waals surface area (Å²) in [7, 11) is 0. The summed E-state index contributed by atoms with van der Waals surface area (Å²) in [5.41, 5.74) is -0.724. The lowest BCUT2D eigenvalue weighted by molar-refractivity contribution is -0.148. The molecule has 1 aliphatic rings. The van der Waals surface area contributed by atoms with Crippen molar-refractivity contribution in [3.8, 4) is 0 Å². The number of carboxylic acids is 1. The van der Waals surface area contributed by atoms with Crippen molar-refractivity contribution in [3.63, 3.8) is 0 Å². The van der Waals surface area contributed by atoms with Crippen LogP contribution in [0.15, 0.2) is 17.5 Å². The van der Waals surface area contributed by atoms with Gasteiger partial charge in [-0.25, -0.2) is 0 Å². The van der Waals surface area contributed by atoms with Crippen molar-refractivity contribution in [2.45, 2.75) is 38.5 Å². The van der Waals surface area contributed by atoms with Gasteiger partial charge in [-0.2, -0.15) is 0 Å². The molecule has 0 aromatic carbocycles. The molecule has 0 bridgehead atoms. The summed E-state index contributed by atoms with van der Waals surface area (Å²) >= 11 is 1.64. The largest absolute Gasteiger partial charge is 0.481 e. The summed E-state index contributed by atoms with van der Waals surface area (Å²) < 4.78 is 0. The first-order valence-corrected chi connectivity index (χ1v) is 7.53. The normalized spacial score (nSPS) is 17.3. The Morgan fingerprint density at radius 3 is 2.68 bits per heavy atom. The molecule has 0 saturated heterocycles. The van der Waals surface area contributed by atoms with E-state index < -0.39 is 11.4 Å². The number of rotatable bonds is 6. The maximum Gasteiger partial charge on any atom is 0.311 e. The predicted octanol–water partition coefficient (Wildman–Crippen LogP) is 2.44. The van der Waals surface area contributed by atoms with E-state index in [0.717, 1.165) is 19.3 Å². The van der Waals surface area contributed by atoms with Gasteiger partial charge in [0.1, 0.15) is 0 Å². The molecule has 0 unspecified atom stereocenters. The Morgan fingerprint density at radius 1 is 1.37 bits per heavy atom. The van der Waals surface area contributed by atoms with Crippen molar-refractivity contribution < 1.29 is 14.7 Å². The first-order valence-electron chi connectivity index (χ1n) is 6.65. The van der Waals surface area contributed by atoms with Gasteiger partial charge in [-0.1, -0.05) is 18.9 Å². The van der Waals surface area contributed by atoms with E-state index in [0.29, 0.717) is 19.3 Å². The van der Waals surface area contributed by atoms with Gasteiger partial charge in [0.25, 0.3) is 0 Å². The Labute approximate surface area is 116 Å². The van der Waals surface area contributed by atoms with E-state index in [-0.39, 0.29) is 12.5 Å². The molecule has 1 amide bonds. The van der Waals surface area contributed by atoms with E-state index in [2.05, 4.69) is 5.32 Å². The average Bonchev–Trinajstić information content (AvgIpc) is 3.05. The molecule has 1 heterocycles. The molecular weight excluding hydrogens is 262 g/mol. The van der Waals surface area contributed by atoms with E-state index in [9.17, 15) is 14.7 Å². The van der Waals surface area contributed by atoms with Crippen LogP contribution < -0.4 is 5.32 Å². The Hall–Kier alpha value is -1.36. The van der Waals surface area contributed by atoms with Crippen LogP contribution in [0.5, 0.6) is 0 Å². The number of hydrogen-bond acceptors (Lipinski definition) is 3. The second-order valence-corrected chi connectivity index (χ2v) is 6.18. The number of amides is 1. The van der Waals surface area contributed by atoms with Crippen molar-refractivity contribution >= 4 is 23.2 Å². The highest BCUT2D eigenvalue weighted by atomic mass is 32.1. The summed E-state index contributed by atoms with van der Waals surface area (Å²) in [6.45, 7) is 0.269. The molecular formula is C14H19NO3S. The lowest BCUT2D eigenvalue weighted by atomic mass is 9.86. The first-order chi connectivity index (χ1) is 9.12. The maximum absolute atomic E-state index is 11.8.